The first-order valence-electron chi connectivity index (χ1n) is 5.78. The maximum absolute atomic E-state index is 12.6. The summed E-state index contributed by atoms with van der Waals surface area (Å²) in [5.41, 5.74) is -1.13. The van der Waals surface area contributed by atoms with E-state index in [2.05, 4.69) is 4.98 Å². The van der Waals surface area contributed by atoms with Gasteiger partial charge >= 0.3 is 6.18 Å². The van der Waals surface area contributed by atoms with Crippen LogP contribution in [0.5, 0.6) is 0 Å². The molecular formula is C13H11F3N2OS. The van der Waals surface area contributed by atoms with Gasteiger partial charge in [0.05, 0.1) is 6.04 Å². The number of aromatic amines is 1. The Balaban J connectivity index is 2.55. The van der Waals surface area contributed by atoms with Gasteiger partial charge in [0.1, 0.15) is 5.69 Å². The van der Waals surface area contributed by atoms with Crippen molar-refractivity contribution < 1.29 is 13.2 Å². The molecule has 0 spiro atoms. The van der Waals surface area contributed by atoms with Crippen LogP contribution in [0.3, 0.4) is 0 Å². The Morgan fingerprint density at radius 3 is 2.35 bits per heavy atom. The summed E-state index contributed by atoms with van der Waals surface area (Å²) in [5.74, 6) is 0. The molecule has 0 bridgehead atoms. The van der Waals surface area contributed by atoms with E-state index in [4.69, 9.17) is 12.2 Å². The molecule has 1 heterocycles. The van der Waals surface area contributed by atoms with Gasteiger partial charge in [0.15, 0.2) is 4.77 Å². The summed E-state index contributed by atoms with van der Waals surface area (Å²) < 4.78 is 38.6. The topological polar surface area (TPSA) is 37.8 Å². The van der Waals surface area contributed by atoms with Gasteiger partial charge < -0.3 is 4.98 Å². The number of H-pyrrole nitrogens is 1. The molecular weight excluding hydrogens is 289 g/mol. The average Bonchev–Trinajstić information content (AvgIpc) is 2.37. The Labute approximate surface area is 117 Å². The molecule has 0 saturated carbocycles. The summed E-state index contributed by atoms with van der Waals surface area (Å²) in [7, 11) is 0. The number of nitrogens with one attached hydrogen (secondary N) is 1. The van der Waals surface area contributed by atoms with Crippen LogP contribution in [-0.2, 0) is 6.18 Å². The van der Waals surface area contributed by atoms with Gasteiger partial charge in [-0.05, 0) is 24.7 Å². The second-order valence-electron chi connectivity index (χ2n) is 4.28. The smallest absolute Gasteiger partial charge is 0.328 e. The molecule has 1 aromatic carbocycles. The number of hydrogen-bond donors (Lipinski definition) is 1. The molecule has 0 amide bonds. The third-order valence-corrected chi connectivity index (χ3v) is 3.24. The lowest BCUT2D eigenvalue weighted by molar-refractivity contribution is -0.141. The van der Waals surface area contributed by atoms with Gasteiger partial charge in [-0.15, -0.1) is 0 Å². The molecule has 106 valence electrons. The van der Waals surface area contributed by atoms with Crippen molar-refractivity contribution in [3.8, 4) is 0 Å². The van der Waals surface area contributed by atoms with E-state index in [0.717, 1.165) is 10.1 Å². The predicted molar refractivity (Wildman–Crippen MR) is 71.1 cm³/mol. The molecule has 3 nitrogen and oxygen atoms in total. The largest absolute Gasteiger partial charge is 0.431 e. The minimum atomic E-state index is -4.62. The van der Waals surface area contributed by atoms with Crippen LogP contribution in [0.1, 0.15) is 24.2 Å². The van der Waals surface area contributed by atoms with Crippen LogP contribution in [0, 0.1) is 4.77 Å². The molecule has 20 heavy (non-hydrogen) atoms. The lowest BCUT2D eigenvalue weighted by Gasteiger charge is -2.16. The SMILES string of the molecule is CC(c1ccccc1)n1c(=O)cc(C(F)(F)F)[nH]c1=S. The molecule has 0 saturated heterocycles. The standard InChI is InChI=1S/C13H11F3N2OS/c1-8(9-5-3-2-4-6-9)18-11(19)7-10(13(14,15)16)17-12(18)20/h2-8H,1H3,(H,17,20). The van der Waals surface area contributed by atoms with E-state index in [1.807, 2.05) is 6.07 Å². The highest BCUT2D eigenvalue weighted by molar-refractivity contribution is 7.71. The predicted octanol–water partition coefficient (Wildman–Crippen LogP) is 3.53. The molecule has 1 atom stereocenters. The number of hydrogen-bond acceptors (Lipinski definition) is 2. The highest BCUT2D eigenvalue weighted by atomic mass is 32.1. The van der Waals surface area contributed by atoms with Gasteiger partial charge in [-0.25, -0.2) is 0 Å². The summed E-state index contributed by atoms with van der Waals surface area (Å²) in [5, 5.41) is 0. The van der Waals surface area contributed by atoms with Crippen molar-refractivity contribution in [3.05, 3.63) is 62.8 Å². The van der Waals surface area contributed by atoms with Crippen molar-refractivity contribution in [1.29, 1.82) is 0 Å². The van der Waals surface area contributed by atoms with Crippen LogP contribution < -0.4 is 5.56 Å². The highest BCUT2D eigenvalue weighted by Gasteiger charge is 2.32. The maximum Gasteiger partial charge on any atom is 0.431 e. The van der Waals surface area contributed by atoms with Crippen molar-refractivity contribution in [2.45, 2.75) is 19.1 Å². The molecule has 1 N–H and O–H groups in total. The van der Waals surface area contributed by atoms with Gasteiger partial charge in [0.2, 0.25) is 0 Å². The summed E-state index contributed by atoms with van der Waals surface area (Å²) in [6.45, 7) is 1.70. The van der Waals surface area contributed by atoms with Gasteiger partial charge in [-0.2, -0.15) is 13.2 Å². The Morgan fingerprint density at radius 1 is 1.25 bits per heavy atom. The Morgan fingerprint density at radius 2 is 1.85 bits per heavy atom. The number of aromatic nitrogens is 2. The van der Waals surface area contributed by atoms with Gasteiger partial charge in [-0.3, -0.25) is 9.36 Å². The first-order chi connectivity index (χ1) is 9.30. The van der Waals surface area contributed by atoms with Crippen LogP contribution in [0.25, 0.3) is 0 Å². The second-order valence-corrected chi connectivity index (χ2v) is 4.67. The summed E-state index contributed by atoms with van der Waals surface area (Å²) in [6, 6.07) is 9.02. The monoisotopic (exact) mass is 300 g/mol. The highest BCUT2D eigenvalue weighted by Crippen LogP contribution is 2.26. The Bertz CT molecular complexity index is 688. The molecule has 0 aliphatic heterocycles. The third-order valence-electron chi connectivity index (χ3n) is 2.94. The summed E-state index contributed by atoms with van der Waals surface area (Å²) in [6.07, 6.45) is -4.62. The molecule has 0 radical (unpaired) electrons. The van der Waals surface area contributed by atoms with Crippen molar-refractivity contribution in [3.63, 3.8) is 0 Å². The van der Waals surface area contributed by atoms with Crippen molar-refractivity contribution >= 4 is 12.2 Å². The van der Waals surface area contributed by atoms with Gasteiger partial charge in [0.25, 0.3) is 5.56 Å². The molecule has 1 aromatic heterocycles. The van der Waals surface area contributed by atoms with E-state index in [1.165, 1.54) is 0 Å². The zero-order valence-electron chi connectivity index (χ0n) is 10.4. The molecule has 2 rings (SSSR count). The lowest BCUT2D eigenvalue weighted by atomic mass is 10.1. The van der Waals surface area contributed by atoms with Crippen LogP contribution in [0.2, 0.25) is 0 Å². The van der Waals surface area contributed by atoms with Gasteiger partial charge in [0, 0.05) is 6.07 Å². The average molecular weight is 300 g/mol. The van der Waals surface area contributed by atoms with E-state index >= 15 is 0 Å². The minimum absolute atomic E-state index is 0.249. The number of nitrogens with zero attached hydrogens (tertiary/aromatic N) is 1. The van der Waals surface area contributed by atoms with E-state index in [1.54, 1.807) is 31.2 Å². The van der Waals surface area contributed by atoms with Crippen molar-refractivity contribution in [2.75, 3.05) is 0 Å². The molecule has 2 aromatic rings. The number of alkyl halides is 3. The van der Waals surface area contributed by atoms with Crippen LogP contribution >= 0.6 is 12.2 Å². The normalized spacial score (nSPS) is 13.2. The minimum Gasteiger partial charge on any atom is -0.328 e. The Hall–Kier alpha value is -1.89. The van der Waals surface area contributed by atoms with Crippen LogP contribution in [0.15, 0.2) is 41.2 Å². The van der Waals surface area contributed by atoms with E-state index in [9.17, 15) is 18.0 Å². The maximum atomic E-state index is 12.6. The first kappa shape index (κ1) is 14.5. The zero-order chi connectivity index (χ0) is 14.9. The molecule has 1 unspecified atom stereocenters. The fourth-order valence-corrected chi connectivity index (χ4v) is 2.26. The van der Waals surface area contributed by atoms with Crippen LogP contribution in [0.4, 0.5) is 13.2 Å². The van der Waals surface area contributed by atoms with Gasteiger partial charge in [-0.1, -0.05) is 30.3 Å². The lowest BCUT2D eigenvalue weighted by Crippen LogP contribution is -2.27. The molecule has 7 heteroatoms. The second kappa shape index (κ2) is 5.24. The fraction of sp³-hybridized carbons (Fsp3) is 0.231. The zero-order valence-corrected chi connectivity index (χ0v) is 11.3. The number of halogens is 3. The fourth-order valence-electron chi connectivity index (χ4n) is 1.90. The Kier molecular flexibility index (Phi) is 3.80. The van der Waals surface area contributed by atoms with E-state index in [-0.39, 0.29) is 4.77 Å². The van der Waals surface area contributed by atoms with Crippen molar-refractivity contribution in [2.24, 2.45) is 0 Å². The molecule has 0 aliphatic carbocycles. The van der Waals surface area contributed by atoms with Crippen LogP contribution in [-0.4, -0.2) is 9.55 Å². The van der Waals surface area contributed by atoms with Crippen molar-refractivity contribution in [1.82, 2.24) is 9.55 Å². The first-order valence-corrected chi connectivity index (χ1v) is 6.19. The van der Waals surface area contributed by atoms with E-state index in [0.29, 0.717) is 6.07 Å². The third kappa shape index (κ3) is 2.82. The summed E-state index contributed by atoms with van der Waals surface area (Å²) >= 11 is 4.88. The molecule has 0 fully saturated rings. The quantitative estimate of drug-likeness (QED) is 0.862. The number of benzene rings is 1. The van der Waals surface area contributed by atoms with E-state index < -0.39 is 23.5 Å². The summed E-state index contributed by atoms with van der Waals surface area (Å²) in [4.78, 5) is 14.0. The molecule has 0 aliphatic rings. The number of rotatable bonds is 2.